The molecule has 0 saturated heterocycles. The summed E-state index contributed by atoms with van der Waals surface area (Å²) in [6.07, 6.45) is 0.977. The van der Waals surface area contributed by atoms with Gasteiger partial charge in [0.2, 0.25) is 0 Å². The molecule has 72 valence electrons. The van der Waals surface area contributed by atoms with Gasteiger partial charge < -0.3 is 0 Å². The predicted octanol–water partition coefficient (Wildman–Crippen LogP) is 4.56. The number of halogens is 3. The Labute approximate surface area is 93.0 Å². The van der Waals surface area contributed by atoms with Gasteiger partial charge in [0.05, 0.1) is 15.7 Å². The lowest BCUT2D eigenvalue weighted by atomic mass is 10.0. The monoisotopic (exact) mass is 237 g/mol. The van der Waals surface area contributed by atoms with Crippen LogP contribution in [0.15, 0.2) is 6.07 Å². The number of nitrogens with zero attached hydrogens (tertiary/aromatic N) is 1. The molecular weight excluding hydrogens is 228 g/mol. The summed E-state index contributed by atoms with van der Waals surface area (Å²) in [6.45, 7) is 4.13. The summed E-state index contributed by atoms with van der Waals surface area (Å²) in [5.74, 6) is 0.308. The van der Waals surface area contributed by atoms with Crippen molar-refractivity contribution in [2.45, 2.75) is 26.2 Å². The second-order valence-electron chi connectivity index (χ2n) is 2.94. The first-order chi connectivity index (χ1) is 6.06. The van der Waals surface area contributed by atoms with Crippen molar-refractivity contribution in [3.63, 3.8) is 0 Å². The number of hydrogen-bond donors (Lipinski definition) is 0. The molecule has 0 radical (unpaired) electrons. The number of rotatable bonds is 2. The van der Waals surface area contributed by atoms with E-state index in [4.69, 9.17) is 34.8 Å². The molecule has 1 aromatic heterocycles. The Morgan fingerprint density at radius 1 is 1.31 bits per heavy atom. The Bertz CT molecular complexity index is 312. The lowest BCUT2D eigenvalue weighted by molar-refractivity contribution is 0.708. The summed E-state index contributed by atoms with van der Waals surface area (Å²) >= 11 is 17.5. The second kappa shape index (κ2) is 4.50. The third-order valence-electron chi connectivity index (χ3n) is 1.99. The average molecular weight is 239 g/mol. The van der Waals surface area contributed by atoms with Crippen LogP contribution in [-0.4, -0.2) is 4.98 Å². The third-order valence-corrected chi connectivity index (χ3v) is 2.97. The van der Waals surface area contributed by atoms with Gasteiger partial charge in [0.1, 0.15) is 5.15 Å². The summed E-state index contributed by atoms with van der Waals surface area (Å²) in [5, 5.41) is 1.31. The van der Waals surface area contributed by atoms with Crippen molar-refractivity contribution in [2.75, 3.05) is 0 Å². The first-order valence-electron chi connectivity index (χ1n) is 4.07. The summed E-state index contributed by atoms with van der Waals surface area (Å²) in [7, 11) is 0. The van der Waals surface area contributed by atoms with Gasteiger partial charge >= 0.3 is 0 Å². The third kappa shape index (κ3) is 2.49. The molecule has 4 heteroatoms. The fraction of sp³-hybridized carbons (Fsp3) is 0.444. The van der Waals surface area contributed by atoms with Crippen LogP contribution in [0.4, 0.5) is 0 Å². The van der Waals surface area contributed by atoms with Gasteiger partial charge in [-0.05, 0) is 18.4 Å². The molecule has 0 fully saturated rings. The summed E-state index contributed by atoms with van der Waals surface area (Å²) in [6, 6.07) is 1.64. The normalized spacial score (nSPS) is 13.0. The Kier molecular flexibility index (Phi) is 3.84. The van der Waals surface area contributed by atoms with Gasteiger partial charge in [0, 0.05) is 0 Å². The van der Waals surface area contributed by atoms with E-state index in [1.165, 1.54) is 0 Å². The molecule has 1 heterocycles. The fourth-order valence-corrected chi connectivity index (χ4v) is 1.69. The van der Waals surface area contributed by atoms with Gasteiger partial charge in [-0.3, -0.25) is 0 Å². The van der Waals surface area contributed by atoms with Crippen LogP contribution in [0.25, 0.3) is 0 Å². The van der Waals surface area contributed by atoms with Crippen molar-refractivity contribution in [1.82, 2.24) is 4.98 Å². The lowest BCUT2D eigenvalue weighted by Gasteiger charge is -2.10. The van der Waals surface area contributed by atoms with Crippen LogP contribution < -0.4 is 0 Å². The molecule has 0 aliphatic carbocycles. The van der Waals surface area contributed by atoms with E-state index in [2.05, 4.69) is 18.8 Å². The highest BCUT2D eigenvalue weighted by Crippen LogP contribution is 2.30. The van der Waals surface area contributed by atoms with Crippen molar-refractivity contribution in [3.05, 3.63) is 27.0 Å². The number of aromatic nitrogens is 1. The minimum absolute atomic E-state index is 0.308. The van der Waals surface area contributed by atoms with Gasteiger partial charge in [-0.15, -0.1) is 0 Å². The van der Waals surface area contributed by atoms with Crippen LogP contribution in [0.3, 0.4) is 0 Å². The van der Waals surface area contributed by atoms with Gasteiger partial charge in [-0.1, -0.05) is 48.7 Å². The molecular formula is C9H10Cl3N. The smallest absolute Gasteiger partial charge is 0.148 e. The van der Waals surface area contributed by atoms with Crippen LogP contribution in [0.5, 0.6) is 0 Å². The van der Waals surface area contributed by atoms with Crippen molar-refractivity contribution in [3.8, 4) is 0 Å². The maximum absolute atomic E-state index is 5.97. The highest BCUT2D eigenvalue weighted by molar-refractivity contribution is 6.42. The zero-order valence-corrected chi connectivity index (χ0v) is 9.71. The Hall–Kier alpha value is 0.0200. The van der Waals surface area contributed by atoms with Crippen molar-refractivity contribution in [2.24, 2.45) is 0 Å². The molecule has 0 bridgehead atoms. The van der Waals surface area contributed by atoms with E-state index in [0.717, 1.165) is 12.1 Å². The van der Waals surface area contributed by atoms with Crippen LogP contribution in [-0.2, 0) is 0 Å². The van der Waals surface area contributed by atoms with Crippen LogP contribution in [0.2, 0.25) is 15.2 Å². The zero-order valence-electron chi connectivity index (χ0n) is 7.44. The van der Waals surface area contributed by atoms with Crippen molar-refractivity contribution < 1.29 is 0 Å². The van der Waals surface area contributed by atoms with E-state index < -0.39 is 0 Å². The molecule has 1 rings (SSSR count). The molecule has 1 unspecified atom stereocenters. The molecule has 13 heavy (non-hydrogen) atoms. The van der Waals surface area contributed by atoms with Crippen LogP contribution in [0.1, 0.15) is 31.9 Å². The SMILES string of the molecule is CCC(C)c1nc(Cl)c(Cl)cc1Cl. The number of hydrogen-bond acceptors (Lipinski definition) is 1. The highest BCUT2D eigenvalue weighted by Gasteiger charge is 2.12. The predicted molar refractivity (Wildman–Crippen MR) is 58.0 cm³/mol. The molecule has 0 aliphatic heterocycles. The van der Waals surface area contributed by atoms with Gasteiger partial charge in [-0.25, -0.2) is 4.98 Å². The molecule has 0 aromatic carbocycles. The standard InChI is InChI=1S/C9H10Cl3N/c1-3-5(2)8-6(10)4-7(11)9(12)13-8/h4-5H,3H2,1-2H3. The van der Waals surface area contributed by atoms with Gasteiger partial charge in [-0.2, -0.15) is 0 Å². The van der Waals surface area contributed by atoms with Crippen molar-refractivity contribution in [1.29, 1.82) is 0 Å². The minimum Gasteiger partial charge on any atom is -0.238 e. The molecule has 0 amide bonds. The van der Waals surface area contributed by atoms with E-state index in [-0.39, 0.29) is 0 Å². The molecule has 0 saturated carbocycles. The lowest BCUT2D eigenvalue weighted by Crippen LogP contribution is -1.97. The van der Waals surface area contributed by atoms with E-state index >= 15 is 0 Å². The Balaban J connectivity index is 3.15. The van der Waals surface area contributed by atoms with Gasteiger partial charge in [0.15, 0.2) is 0 Å². The Morgan fingerprint density at radius 2 is 1.92 bits per heavy atom. The largest absolute Gasteiger partial charge is 0.238 e. The van der Waals surface area contributed by atoms with E-state index in [1.54, 1.807) is 6.07 Å². The highest BCUT2D eigenvalue weighted by atomic mass is 35.5. The van der Waals surface area contributed by atoms with E-state index in [0.29, 0.717) is 21.1 Å². The van der Waals surface area contributed by atoms with Crippen molar-refractivity contribution >= 4 is 34.8 Å². The summed E-state index contributed by atoms with van der Waals surface area (Å²) in [4.78, 5) is 4.14. The van der Waals surface area contributed by atoms with Gasteiger partial charge in [0.25, 0.3) is 0 Å². The second-order valence-corrected chi connectivity index (χ2v) is 4.11. The fourth-order valence-electron chi connectivity index (χ4n) is 0.996. The Morgan fingerprint density at radius 3 is 2.46 bits per heavy atom. The maximum atomic E-state index is 5.97. The topological polar surface area (TPSA) is 12.9 Å². The zero-order chi connectivity index (χ0) is 10.0. The number of pyridine rings is 1. The molecule has 0 aliphatic rings. The maximum Gasteiger partial charge on any atom is 0.148 e. The molecule has 1 nitrogen and oxygen atoms in total. The quantitative estimate of drug-likeness (QED) is 0.689. The van der Waals surface area contributed by atoms with E-state index in [1.807, 2.05) is 0 Å². The molecule has 1 atom stereocenters. The summed E-state index contributed by atoms with van der Waals surface area (Å²) in [5.41, 5.74) is 0.818. The average Bonchev–Trinajstić information content (AvgIpc) is 2.10. The summed E-state index contributed by atoms with van der Waals surface area (Å²) < 4.78 is 0. The first kappa shape index (κ1) is 11.1. The van der Waals surface area contributed by atoms with E-state index in [9.17, 15) is 0 Å². The molecule has 0 spiro atoms. The molecule has 0 N–H and O–H groups in total. The first-order valence-corrected chi connectivity index (χ1v) is 5.21. The minimum atomic E-state index is 0.308. The molecule has 1 aromatic rings. The van der Waals surface area contributed by atoms with Crippen LogP contribution in [0, 0.1) is 0 Å². The van der Waals surface area contributed by atoms with Crippen LogP contribution >= 0.6 is 34.8 Å².